The molecule has 1 rings (SSSR count). The number of amidine groups is 1. The minimum atomic E-state index is -3.50. The molecule has 1 aliphatic heterocycles. The van der Waals surface area contributed by atoms with Crippen LogP contribution in [0.25, 0.3) is 0 Å². The van der Waals surface area contributed by atoms with Crippen LogP contribution in [0.2, 0.25) is 0 Å². The first kappa shape index (κ1) is 11.7. The summed E-state index contributed by atoms with van der Waals surface area (Å²) in [6.07, 6.45) is -1.95. The van der Waals surface area contributed by atoms with Crippen LogP contribution in [0, 0.1) is 0 Å². The van der Waals surface area contributed by atoms with Crippen LogP contribution in [-0.4, -0.2) is 36.0 Å². The molecule has 0 amide bonds. The lowest BCUT2D eigenvalue weighted by Gasteiger charge is -2.22. The normalized spacial score (nSPS) is 27.5. The SMILES string of the molecule is C=NN1CC(F)(F)CCC(F)(F)/C1=N/N. The molecule has 1 fully saturated rings. The van der Waals surface area contributed by atoms with Gasteiger partial charge in [0.1, 0.15) is 6.54 Å². The Hall–Kier alpha value is -1.34. The van der Waals surface area contributed by atoms with E-state index in [4.69, 9.17) is 5.84 Å². The zero-order valence-corrected chi connectivity index (χ0v) is 7.76. The minimum Gasteiger partial charge on any atom is -0.321 e. The Balaban J connectivity index is 3.07. The van der Waals surface area contributed by atoms with Crippen LogP contribution >= 0.6 is 0 Å². The first-order valence-corrected chi connectivity index (χ1v) is 4.10. The molecule has 0 bridgehead atoms. The molecule has 8 heteroatoms. The molecule has 1 saturated heterocycles. The van der Waals surface area contributed by atoms with Gasteiger partial charge in [0.05, 0.1) is 0 Å². The van der Waals surface area contributed by atoms with Gasteiger partial charge in [-0.3, -0.25) is 0 Å². The lowest BCUT2D eigenvalue weighted by atomic mass is 10.1. The van der Waals surface area contributed by atoms with Crippen molar-refractivity contribution in [3.63, 3.8) is 0 Å². The van der Waals surface area contributed by atoms with E-state index >= 15 is 0 Å². The van der Waals surface area contributed by atoms with E-state index in [1.165, 1.54) is 0 Å². The quantitative estimate of drug-likeness (QED) is 0.316. The first-order chi connectivity index (χ1) is 6.82. The first-order valence-electron chi connectivity index (χ1n) is 4.10. The van der Waals surface area contributed by atoms with Crippen LogP contribution in [-0.2, 0) is 0 Å². The molecule has 0 aromatic rings. The molecule has 0 aromatic heterocycles. The molecule has 2 N–H and O–H groups in total. The second kappa shape index (κ2) is 3.67. The maximum Gasteiger partial charge on any atom is 0.308 e. The molecule has 0 unspecified atom stereocenters. The summed E-state index contributed by atoms with van der Waals surface area (Å²) in [5.74, 6) is -3.00. The monoisotopic (exact) mass is 226 g/mol. The Morgan fingerprint density at radius 2 is 1.87 bits per heavy atom. The van der Waals surface area contributed by atoms with Gasteiger partial charge in [-0.25, -0.2) is 13.8 Å². The van der Waals surface area contributed by atoms with Crippen LogP contribution in [0.4, 0.5) is 17.6 Å². The number of halogens is 4. The number of hydrogen-bond donors (Lipinski definition) is 1. The summed E-state index contributed by atoms with van der Waals surface area (Å²) in [6.45, 7) is 1.94. The zero-order chi connectivity index (χ0) is 11.7. The van der Waals surface area contributed by atoms with E-state index in [9.17, 15) is 17.6 Å². The van der Waals surface area contributed by atoms with E-state index in [2.05, 4.69) is 16.9 Å². The van der Waals surface area contributed by atoms with Crippen LogP contribution in [0.1, 0.15) is 12.8 Å². The predicted octanol–water partition coefficient (Wildman–Crippen LogP) is 1.24. The molecule has 86 valence electrons. The molecule has 0 spiro atoms. The fraction of sp³-hybridized carbons (Fsp3) is 0.714. The van der Waals surface area contributed by atoms with Gasteiger partial charge in [0.15, 0.2) is 0 Å². The van der Waals surface area contributed by atoms with Gasteiger partial charge >= 0.3 is 5.92 Å². The molecular weight excluding hydrogens is 216 g/mol. The second-order valence-corrected chi connectivity index (χ2v) is 3.21. The summed E-state index contributed by atoms with van der Waals surface area (Å²) in [7, 11) is 0. The minimum absolute atomic E-state index is 0.340. The van der Waals surface area contributed by atoms with Crippen molar-refractivity contribution in [1.82, 2.24) is 5.01 Å². The molecular formula is C7H10F4N4. The third-order valence-corrected chi connectivity index (χ3v) is 2.05. The van der Waals surface area contributed by atoms with Gasteiger partial charge in [-0.05, 0) is 0 Å². The Morgan fingerprint density at radius 1 is 1.27 bits per heavy atom. The second-order valence-electron chi connectivity index (χ2n) is 3.21. The van der Waals surface area contributed by atoms with E-state index in [0.29, 0.717) is 5.01 Å². The van der Waals surface area contributed by atoms with E-state index in [-0.39, 0.29) is 0 Å². The highest BCUT2D eigenvalue weighted by molar-refractivity contribution is 5.89. The van der Waals surface area contributed by atoms with Crippen LogP contribution < -0.4 is 5.84 Å². The molecule has 1 aliphatic rings. The topological polar surface area (TPSA) is 54.0 Å². The van der Waals surface area contributed by atoms with E-state index in [0.717, 1.165) is 0 Å². The summed E-state index contributed by atoms with van der Waals surface area (Å²) < 4.78 is 52.5. The van der Waals surface area contributed by atoms with E-state index < -0.39 is 37.1 Å². The van der Waals surface area contributed by atoms with Crippen molar-refractivity contribution in [3.8, 4) is 0 Å². The standard InChI is InChI=1S/C7H10F4N4/c1-13-15-4-6(8,9)2-3-7(10,11)5(15)14-12/h1-4,12H2/b14-5-. The predicted molar refractivity (Wildman–Crippen MR) is 47.0 cm³/mol. The lowest BCUT2D eigenvalue weighted by Crippen LogP contribution is -2.41. The number of nitrogens with two attached hydrogens (primary N) is 1. The summed E-state index contributed by atoms with van der Waals surface area (Å²) >= 11 is 0. The van der Waals surface area contributed by atoms with Crippen LogP contribution in [0.3, 0.4) is 0 Å². The van der Waals surface area contributed by atoms with Crippen molar-refractivity contribution in [2.45, 2.75) is 24.7 Å². The highest BCUT2D eigenvalue weighted by Crippen LogP contribution is 2.35. The number of hydrazone groups is 2. The maximum atomic E-state index is 13.2. The molecule has 15 heavy (non-hydrogen) atoms. The Labute approximate surface area is 83.4 Å². The molecule has 0 aromatic carbocycles. The van der Waals surface area contributed by atoms with Gasteiger partial charge in [-0.2, -0.15) is 19.0 Å². The summed E-state index contributed by atoms with van der Waals surface area (Å²) in [6, 6.07) is 0. The van der Waals surface area contributed by atoms with Crippen molar-refractivity contribution in [1.29, 1.82) is 0 Å². The Morgan fingerprint density at radius 3 is 2.33 bits per heavy atom. The average molecular weight is 226 g/mol. The van der Waals surface area contributed by atoms with Crippen LogP contribution in [0.15, 0.2) is 10.2 Å². The molecule has 4 nitrogen and oxygen atoms in total. The summed E-state index contributed by atoms with van der Waals surface area (Å²) in [4.78, 5) is 0. The van der Waals surface area contributed by atoms with Crippen LogP contribution in [0.5, 0.6) is 0 Å². The fourth-order valence-corrected chi connectivity index (χ4v) is 1.29. The van der Waals surface area contributed by atoms with E-state index in [1.54, 1.807) is 0 Å². The third-order valence-electron chi connectivity index (χ3n) is 2.05. The van der Waals surface area contributed by atoms with Crippen molar-refractivity contribution < 1.29 is 17.6 Å². The molecule has 0 radical (unpaired) electrons. The third kappa shape index (κ3) is 2.37. The van der Waals surface area contributed by atoms with Crippen molar-refractivity contribution in [2.24, 2.45) is 16.0 Å². The molecule has 0 saturated carbocycles. The van der Waals surface area contributed by atoms with Gasteiger partial charge in [0.2, 0.25) is 5.84 Å². The van der Waals surface area contributed by atoms with Gasteiger partial charge in [0, 0.05) is 19.6 Å². The van der Waals surface area contributed by atoms with Gasteiger partial charge < -0.3 is 5.84 Å². The Bertz CT molecular complexity index is 289. The van der Waals surface area contributed by atoms with Gasteiger partial charge in [-0.15, -0.1) is 0 Å². The maximum absolute atomic E-state index is 13.2. The fourth-order valence-electron chi connectivity index (χ4n) is 1.29. The Kier molecular flexibility index (Phi) is 2.87. The van der Waals surface area contributed by atoms with Gasteiger partial charge in [-0.1, -0.05) is 0 Å². The summed E-state index contributed by atoms with van der Waals surface area (Å²) in [5.41, 5.74) is 0. The highest BCUT2D eigenvalue weighted by atomic mass is 19.3. The zero-order valence-electron chi connectivity index (χ0n) is 7.76. The number of nitrogens with zero attached hydrogens (tertiary/aromatic N) is 3. The number of alkyl halides is 4. The largest absolute Gasteiger partial charge is 0.321 e. The molecule has 1 heterocycles. The number of hydrogen-bond acceptors (Lipinski definition) is 3. The van der Waals surface area contributed by atoms with Gasteiger partial charge in [0.25, 0.3) is 5.92 Å². The highest BCUT2D eigenvalue weighted by Gasteiger charge is 2.49. The molecule has 0 atom stereocenters. The van der Waals surface area contributed by atoms with Crippen molar-refractivity contribution in [2.75, 3.05) is 6.54 Å². The number of rotatable bonds is 1. The van der Waals surface area contributed by atoms with Crippen molar-refractivity contribution in [3.05, 3.63) is 0 Å². The smallest absolute Gasteiger partial charge is 0.308 e. The molecule has 0 aliphatic carbocycles. The average Bonchev–Trinajstić information content (AvgIpc) is 2.22. The van der Waals surface area contributed by atoms with Crippen molar-refractivity contribution >= 4 is 12.6 Å². The summed E-state index contributed by atoms with van der Waals surface area (Å²) in [5, 5.41) is 6.21. The lowest BCUT2D eigenvalue weighted by molar-refractivity contribution is -0.0305. The van der Waals surface area contributed by atoms with E-state index in [1.807, 2.05) is 0 Å².